The van der Waals surface area contributed by atoms with Crippen molar-refractivity contribution in [2.24, 2.45) is 5.73 Å². The molecule has 0 heterocycles. The molecule has 0 amide bonds. The molecule has 0 bridgehead atoms. The summed E-state index contributed by atoms with van der Waals surface area (Å²) in [6.07, 6.45) is 0.365. The predicted octanol–water partition coefficient (Wildman–Crippen LogP) is 3.07. The number of halogens is 1. The highest BCUT2D eigenvalue weighted by molar-refractivity contribution is 9.10. The molecule has 2 nitrogen and oxygen atoms in total. The first-order valence-corrected chi connectivity index (χ1v) is 5.67. The summed E-state index contributed by atoms with van der Waals surface area (Å²) in [5, 5.41) is 0. The number of Topliss-reactive ketones (excluding diaryl/α,β-unsaturated/α-hetero) is 1. The van der Waals surface area contributed by atoms with Gasteiger partial charge in [-0.1, -0.05) is 22.0 Å². The maximum absolute atomic E-state index is 11.9. The molecule has 0 fully saturated rings. The van der Waals surface area contributed by atoms with Crippen molar-refractivity contribution in [1.29, 1.82) is 0 Å². The Hall–Kier alpha value is -0.670. The van der Waals surface area contributed by atoms with Gasteiger partial charge in [0.2, 0.25) is 0 Å². The van der Waals surface area contributed by atoms with Crippen molar-refractivity contribution < 1.29 is 4.79 Å². The van der Waals surface area contributed by atoms with E-state index in [1.165, 1.54) is 0 Å². The average Bonchev–Trinajstić information content (AvgIpc) is 2.06. The third kappa shape index (κ3) is 3.76. The number of hydrogen-bond donors (Lipinski definition) is 1. The van der Waals surface area contributed by atoms with E-state index in [1.807, 2.05) is 39.0 Å². The van der Waals surface area contributed by atoms with E-state index in [4.69, 9.17) is 5.73 Å². The first kappa shape index (κ1) is 12.4. The summed E-state index contributed by atoms with van der Waals surface area (Å²) < 4.78 is 0.922. The van der Waals surface area contributed by atoms with Gasteiger partial charge in [0.1, 0.15) is 0 Å². The summed E-state index contributed by atoms with van der Waals surface area (Å²) in [5.41, 5.74) is 7.12. The Labute approximate surface area is 99.0 Å². The van der Waals surface area contributed by atoms with Crippen molar-refractivity contribution in [3.63, 3.8) is 0 Å². The zero-order chi connectivity index (χ0) is 11.6. The van der Waals surface area contributed by atoms with Crippen molar-refractivity contribution >= 4 is 21.7 Å². The lowest BCUT2D eigenvalue weighted by atomic mass is 9.93. The zero-order valence-electron chi connectivity index (χ0n) is 9.30. The number of rotatable bonds is 3. The van der Waals surface area contributed by atoms with Gasteiger partial charge in [-0.3, -0.25) is 4.79 Å². The molecule has 0 spiro atoms. The lowest BCUT2D eigenvalue weighted by molar-refractivity contribution is 0.0959. The molecule has 2 N–H and O–H groups in total. The topological polar surface area (TPSA) is 43.1 Å². The number of aryl methyl sites for hydroxylation is 1. The molecule has 1 rings (SSSR count). The number of benzene rings is 1. The average molecular weight is 270 g/mol. The van der Waals surface area contributed by atoms with Gasteiger partial charge in [0.15, 0.2) is 5.78 Å². The minimum atomic E-state index is -0.453. The van der Waals surface area contributed by atoms with Crippen LogP contribution in [-0.2, 0) is 0 Å². The maximum Gasteiger partial charge on any atom is 0.164 e. The summed E-state index contributed by atoms with van der Waals surface area (Å²) in [7, 11) is 0. The smallest absolute Gasteiger partial charge is 0.164 e. The fraction of sp³-hybridized carbons (Fsp3) is 0.417. The monoisotopic (exact) mass is 269 g/mol. The van der Waals surface area contributed by atoms with Crippen molar-refractivity contribution in [3.8, 4) is 0 Å². The molecule has 0 unspecified atom stereocenters. The molecule has 82 valence electrons. The number of ketones is 1. The predicted molar refractivity (Wildman–Crippen MR) is 66.1 cm³/mol. The summed E-state index contributed by atoms with van der Waals surface area (Å²) in [6, 6.07) is 5.71. The van der Waals surface area contributed by atoms with Gasteiger partial charge >= 0.3 is 0 Å². The Kier molecular flexibility index (Phi) is 3.68. The fourth-order valence-electron chi connectivity index (χ4n) is 1.40. The Bertz CT molecular complexity index is 380. The van der Waals surface area contributed by atoms with Gasteiger partial charge in [-0.15, -0.1) is 0 Å². The SMILES string of the molecule is Cc1ccc(Br)cc1C(=O)CC(C)(C)N. The van der Waals surface area contributed by atoms with E-state index in [9.17, 15) is 4.79 Å². The normalized spacial score (nSPS) is 11.5. The van der Waals surface area contributed by atoms with E-state index in [0.717, 1.165) is 15.6 Å². The molecular formula is C12H16BrNO. The fourth-order valence-corrected chi connectivity index (χ4v) is 1.76. The van der Waals surface area contributed by atoms with E-state index in [2.05, 4.69) is 15.9 Å². The largest absolute Gasteiger partial charge is 0.325 e. The molecular weight excluding hydrogens is 254 g/mol. The minimum absolute atomic E-state index is 0.0984. The number of carbonyl (C=O) groups is 1. The van der Waals surface area contributed by atoms with Crippen LogP contribution in [0.2, 0.25) is 0 Å². The van der Waals surface area contributed by atoms with Crippen LogP contribution in [0, 0.1) is 6.92 Å². The van der Waals surface area contributed by atoms with Crippen LogP contribution in [0.1, 0.15) is 36.2 Å². The van der Waals surface area contributed by atoms with E-state index in [0.29, 0.717) is 6.42 Å². The molecule has 0 aliphatic rings. The van der Waals surface area contributed by atoms with Crippen LogP contribution in [0.4, 0.5) is 0 Å². The summed E-state index contributed by atoms with van der Waals surface area (Å²) in [6.45, 7) is 5.65. The second-order valence-corrected chi connectivity index (χ2v) is 5.46. The Morgan fingerprint density at radius 3 is 2.60 bits per heavy atom. The van der Waals surface area contributed by atoms with Crippen molar-refractivity contribution in [2.75, 3.05) is 0 Å². The highest BCUT2D eigenvalue weighted by atomic mass is 79.9. The third-order valence-corrected chi connectivity index (χ3v) is 2.61. The van der Waals surface area contributed by atoms with Gasteiger partial charge in [0.05, 0.1) is 0 Å². The lowest BCUT2D eigenvalue weighted by Crippen LogP contribution is -2.34. The van der Waals surface area contributed by atoms with Crippen molar-refractivity contribution in [2.45, 2.75) is 32.7 Å². The molecule has 0 aromatic heterocycles. The van der Waals surface area contributed by atoms with Gasteiger partial charge in [-0.05, 0) is 38.5 Å². The van der Waals surface area contributed by atoms with E-state index in [-0.39, 0.29) is 5.78 Å². The molecule has 3 heteroatoms. The highest BCUT2D eigenvalue weighted by Gasteiger charge is 2.18. The Balaban J connectivity index is 2.96. The van der Waals surface area contributed by atoms with E-state index >= 15 is 0 Å². The van der Waals surface area contributed by atoms with Gasteiger partial charge in [0.25, 0.3) is 0 Å². The second-order valence-electron chi connectivity index (χ2n) is 4.55. The van der Waals surface area contributed by atoms with Crippen LogP contribution >= 0.6 is 15.9 Å². The van der Waals surface area contributed by atoms with Crippen LogP contribution < -0.4 is 5.73 Å². The molecule has 0 aliphatic heterocycles. The van der Waals surface area contributed by atoms with E-state index in [1.54, 1.807) is 0 Å². The molecule has 1 aromatic rings. The maximum atomic E-state index is 11.9. The lowest BCUT2D eigenvalue weighted by Gasteiger charge is -2.17. The first-order valence-electron chi connectivity index (χ1n) is 4.88. The van der Waals surface area contributed by atoms with Gasteiger partial charge in [-0.2, -0.15) is 0 Å². The first-order chi connectivity index (χ1) is 6.79. The van der Waals surface area contributed by atoms with Crippen molar-refractivity contribution in [3.05, 3.63) is 33.8 Å². The Morgan fingerprint density at radius 2 is 2.07 bits per heavy atom. The van der Waals surface area contributed by atoms with Crippen LogP contribution in [-0.4, -0.2) is 11.3 Å². The van der Waals surface area contributed by atoms with E-state index < -0.39 is 5.54 Å². The molecule has 0 radical (unpaired) electrons. The van der Waals surface area contributed by atoms with Crippen LogP contribution in [0.5, 0.6) is 0 Å². The molecule has 1 aromatic carbocycles. The molecule has 0 saturated carbocycles. The summed E-state index contributed by atoms with van der Waals surface area (Å²) >= 11 is 3.36. The minimum Gasteiger partial charge on any atom is -0.325 e. The second kappa shape index (κ2) is 4.45. The molecule has 0 atom stereocenters. The molecule has 0 aliphatic carbocycles. The van der Waals surface area contributed by atoms with Crippen LogP contribution in [0.3, 0.4) is 0 Å². The highest BCUT2D eigenvalue weighted by Crippen LogP contribution is 2.19. The van der Waals surface area contributed by atoms with Crippen LogP contribution in [0.25, 0.3) is 0 Å². The molecule has 0 saturated heterocycles. The number of nitrogens with two attached hydrogens (primary N) is 1. The van der Waals surface area contributed by atoms with Crippen molar-refractivity contribution in [1.82, 2.24) is 0 Å². The van der Waals surface area contributed by atoms with Gasteiger partial charge in [-0.25, -0.2) is 0 Å². The standard InChI is InChI=1S/C12H16BrNO/c1-8-4-5-9(13)6-10(8)11(15)7-12(2,3)14/h4-6H,7,14H2,1-3H3. The number of carbonyl (C=O) groups excluding carboxylic acids is 1. The zero-order valence-corrected chi connectivity index (χ0v) is 10.9. The quantitative estimate of drug-likeness (QED) is 0.858. The van der Waals surface area contributed by atoms with Crippen LogP contribution in [0.15, 0.2) is 22.7 Å². The summed E-state index contributed by atoms with van der Waals surface area (Å²) in [5.74, 6) is 0.0984. The Morgan fingerprint density at radius 1 is 1.47 bits per heavy atom. The molecule has 15 heavy (non-hydrogen) atoms. The third-order valence-electron chi connectivity index (χ3n) is 2.12. The van der Waals surface area contributed by atoms with Gasteiger partial charge in [0, 0.05) is 22.0 Å². The summed E-state index contributed by atoms with van der Waals surface area (Å²) in [4.78, 5) is 11.9. The van der Waals surface area contributed by atoms with Gasteiger partial charge < -0.3 is 5.73 Å². The number of hydrogen-bond acceptors (Lipinski definition) is 2.